The molecule has 0 unspecified atom stereocenters. The van der Waals surface area contributed by atoms with Gasteiger partial charge in [0, 0.05) is 11.4 Å². The monoisotopic (exact) mass is 504 g/mol. The number of anilines is 1. The van der Waals surface area contributed by atoms with Crippen LogP contribution >= 0.6 is 11.8 Å². The molecule has 1 amide bonds. The summed E-state index contributed by atoms with van der Waals surface area (Å²) >= 11 is 1.25. The number of benzene rings is 3. The highest BCUT2D eigenvalue weighted by Gasteiger charge is 2.17. The lowest BCUT2D eigenvalue weighted by molar-refractivity contribution is -0.113. The van der Waals surface area contributed by atoms with Crippen molar-refractivity contribution < 1.29 is 23.8 Å². The molecule has 4 aromatic rings. The van der Waals surface area contributed by atoms with Crippen molar-refractivity contribution in [3.63, 3.8) is 0 Å². The maximum absolute atomic E-state index is 12.6. The predicted molar refractivity (Wildman–Crippen MR) is 136 cm³/mol. The van der Waals surface area contributed by atoms with E-state index in [0.29, 0.717) is 28.0 Å². The normalized spacial score (nSPS) is 10.5. The smallest absolute Gasteiger partial charge is 0.337 e. The van der Waals surface area contributed by atoms with Crippen molar-refractivity contribution >= 4 is 29.3 Å². The minimum atomic E-state index is -0.437. The minimum absolute atomic E-state index is 0.104. The number of aromatic nitrogens is 3. The molecule has 0 radical (unpaired) electrons. The summed E-state index contributed by atoms with van der Waals surface area (Å²) in [4.78, 5) is 24.2. The SMILES string of the molecule is COC(=O)c1ccc(NC(=O)CSc2nnc(COc3ccccc3)n2-c2ccc(OC)cc2)cc1. The van der Waals surface area contributed by atoms with Crippen LogP contribution in [0.5, 0.6) is 11.5 Å². The van der Waals surface area contributed by atoms with E-state index in [0.717, 1.165) is 11.4 Å². The summed E-state index contributed by atoms with van der Waals surface area (Å²) < 4.78 is 17.7. The fraction of sp³-hybridized carbons (Fsp3) is 0.154. The Morgan fingerprint density at radius 3 is 2.28 bits per heavy atom. The molecular weight excluding hydrogens is 480 g/mol. The van der Waals surface area contributed by atoms with Gasteiger partial charge in [-0.1, -0.05) is 30.0 Å². The highest BCUT2D eigenvalue weighted by molar-refractivity contribution is 7.99. The number of ether oxygens (including phenoxy) is 3. The molecule has 184 valence electrons. The van der Waals surface area contributed by atoms with Gasteiger partial charge in [-0.3, -0.25) is 9.36 Å². The molecule has 0 aliphatic carbocycles. The summed E-state index contributed by atoms with van der Waals surface area (Å²) in [6.07, 6.45) is 0. The Hall–Kier alpha value is -4.31. The van der Waals surface area contributed by atoms with Gasteiger partial charge in [0.25, 0.3) is 0 Å². The molecule has 0 spiro atoms. The van der Waals surface area contributed by atoms with E-state index in [-0.39, 0.29) is 18.3 Å². The van der Waals surface area contributed by atoms with Crippen molar-refractivity contribution in [2.45, 2.75) is 11.8 Å². The molecular formula is C26H24N4O5S. The second-order valence-corrected chi connectivity index (χ2v) is 8.38. The van der Waals surface area contributed by atoms with Crippen LogP contribution in [0.3, 0.4) is 0 Å². The third-order valence-corrected chi connectivity index (χ3v) is 5.99. The number of methoxy groups -OCH3 is 2. The predicted octanol–water partition coefficient (Wildman–Crippen LogP) is 4.37. The standard InChI is InChI=1S/C26H24N4O5S/c1-33-21-14-12-20(13-15-21)30-23(16-35-22-6-4-3-5-7-22)28-29-26(30)36-17-24(31)27-19-10-8-18(9-11-19)25(32)34-2/h3-15H,16-17H2,1-2H3,(H,27,31). The molecule has 0 saturated carbocycles. The Morgan fingerprint density at radius 2 is 1.61 bits per heavy atom. The topological polar surface area (TPSA) is 105 Å². The maximum atomic E-state index is 12.6. The zero-order valence-corrected chi connectivity index (χ0v) is 20.5. The Bertz CT molecular complexity index is 1310. The largest absolute Gasteiger partial charge is 0.497 e. The van der Waals surface area contributed by atoms with Gasteiger partial charge in [0.05, 0.1) is 25.5 Å². The molecule has 1 aromatic heterocycles. The molecule has 0 aliphatic rings. The van der Waals surface area contributed by atoms with Crippen LogP contribution in [-0.4, -0.2) is 46.6 Å². The average molecular weight is 505 g/mol. The first kappa shape index (κ1) is 24.8. The lowest BCUT2D eigenvalue weighted by Crippen LogP contribution is -2.15. The molecule has 9 nitrogen and oxygen atoms in total. The molecule has 4 rings (SSSR count). The Balaban J connectivity index is 1.47. The van der Waals surface area contributed by atoms with Crippen LogP contribution in [0.25, 0.3) is 5.69 Å². The zero-order chi connectivity index (χ0) is 25.3. The first-order valence-electron chi connectivity index (χ1n) is 10.9. The average Bonchev–Trinajstić information content (AvgIpc) is 3.34. The number of esters is 1. The number of thioether (sulfide) groups is 1. The number of amides is 1. The molecule has 3 aromatic carbocycles. The lowest BCUT2D eigenvalue weighted by atomic mass is 10.2. The number of para-hydroxylation sites is 1. The molecule has 1 N–H and O–H groups in total. The van der Waals surface area contributed by atoms with E-state index in [1.54, 1.807) is 31.4 Å². The molecule has 0 fully saturated rings. The zero-order valence-electron chi connectivity index (χ0n) is 19.7. The fourth-order valence-electron chi connectivity index (χ4n) is 3.28. The van der Waals surface area contributed by atoms with E-state index < -0.39 is 5.97 Å². The van der Waals surface area contributed by atoms with E-state index in [1.165, 1.54) is 18.9 Å². The third kappa shape index (κ3) is 6.22. The third-order valence-electron chi connectivity index (χ3n) is 5.06. The van der Waals surface area contributed by atoms with E-state index in [1.807, 2.05) is 59.2 Å². The van der Waals surface area contributed by atoms with Gasteiger partial charge in [0.15, 0.2) is 11.0 Å². The summed E-state index contributed by atoms with van der Waals surface area (Å²) in [5.74, 6) is 1.47. The van der Waals surface area contributed by atoms with Gasteiger partial charge in [-0.2, -0.15) is 0 Å². The van der Waals surface area contributed by atoms with Gasteiger partial charge >= 0.3 is 5.97 Å². The molecule has 0 bridgehead atoms. The van der Waals surface area contributed by atoms with Crippen LogP contribution in [0.2, 0.25) is 0 Å². The van der Waals surface area contributed by atoms with Gasteiger partial charge < -0.3 is 19.5 Å². The van der Waals surface area contributed by atoms with Crippen molar-refractivity contribution in [3.05, 3.63) is 90.3 Å². The van der Waals surface area contributed by atoms with E-state index in [9.17, 15) is 9.59 Å². The summed E-state index contributed by atoms with van der Waals surface area (Å²) in [5, 5.41) is 12.0. The van der Waals surface area contributed by atoms with Crippen LogP contribution in [0.1, 0.15) is 16.2 Å². The summed E-state index contributed by atoms with van der Waals surface area (Å²) in [5.41, 5.74) is 1.79. The van der Waals surface area contributed by atoms with E-state index in [2.05, 4.69) is 20.3 Å². The Morgan fingerprint density at radius 1 is 0.889 bits per heavy atom. The molecule has 1 heterocycles. The number of rotatable bonds is 10. The number of hydrogen-bond acceptors (Lipinski definition) is 8. The lowest BCUT2D eigenvalue weighted by Gasteiger charge is -2.12. The minimum Gasteiger partial charge on any atom is -0.497 e. The Labute approximate surface area is 212 Å². The first-order chi connectivity index (χ1) is 17.6. The van der Waals surface area contributed by atoms with E-state index in [4.69, 9.17) is 9.47 Å². The fourth-order valence-corrected chi connectivity index (χ4v) is 4.05. The van der Waals surface area contributed by atoms with Crippen molar-refractivity contribution in [2.24, 2.45) is 0 Å². The van der Waals surface area contributed by atoms with Crippen molar-refractivity contribution in [2.75, 3.05) is 25.3 Å². The van der Waals surface area contributed by atoms with Gasteiger partial charge in [-0.25, -0.2) is 4.79 Å². The summed E-state index contributed by atoms with van der Waals surface area (Å²) in [6, 6.07) is 23.4. The number of carbonyl (C=O) groups excluding carboxylic acids is 2. The molecule has 0 saturated heterocycles. The maximum Gasteiger partial charge on any atom is 0.337 e. The molecule has 36 heavy (non-hydrogen) atoms. The van der Waals surface area contributed by atoms with Crippen molar-refractivity contribution in [1.29, 1.82) is 0 Å². The second-order valence-electron chi connectivity index (χ2n) is 7.44. The van der Waals surface area contributed by atoms with Crippen LogP contribution in [0.15, 0.2) is 84.0 Å². The number of nitrogens with zero attached hydrogens (tertiary/aromatic N) is 3. The number of nitrogens with one attached hydrogen (secondary N) is 1. The van der Waals surface area contributed by atoms with Crippen LogP contribution in [0, 0.1) is 0 Å². The van der Waals surface area contributed by atoms with Crippen LogP contribution < -0.4 is 14.8 Å². The summed E-state index contributed by atoms with van der Waals surface area (Å²) in [7, 11) is 2.93. The highest BCUT2D eigenvalue weighted by atomic mass is 32.2. The summed E-state index contributed by atoms with van der Waals surface area (Å²) in [6.45, 7) is 0.197. The van der Waals surface area contributed by atoms with Gasteiger partial charge in [-0.15, -0.1) is 10.2 Å². The molecule has 10 heteroatoms. The quantitative estimate of drug-likeness (QED) is 0.251. The number of carbonyl (C=O) groups is 2. The highest BCUT2D eigenvalue weighted by Crippen LogP contribution is 2.25. The van der Waals surface area contributed by atoms with E-state index >= 15 is 0 Å². The van der Waals surface area contributed by atoms with Gasteiger partial charge in [0.1, 0.15) is 18.1 Å². The van der Waals surface area contributed by atoms with Gasteiger partial charge in [-0.05, 0) is 60.7 Å². The first-order valence-corrected chi connectivity index (χ1v) is 11.9. The molecule has 0 aliphatic heterocycles. The molecule has 0 atom stereocenters. The second kappa shape index (κ2) is 11.9. The van der Waals surface area contributed by atoms with Crippen LogP contribution in [0.4, 0.5) is 5.69 Å². The Kier molecular flexibility index (Phi) is 8.20. The van der Waals surface area contributed by atoms with Crippen molar-refractivity contribution in [3.8, 4) is 17.2 Å². The van der Waals surface area contributed by atoms with Gasteiger partial charge in [0.2, 0.25) is 5.91 Å². The van der Waals surface area contributed by atoms with Crippen molar-refractivity contribution in [1.82, 2.24) is 14.8 Å². The number of hydrogen-bond donors (Lipinski definition) is 1. The van der Waals surface area contributed by atoms with Crippen LogP contribution in [-0.2, 0) is 16.1 Å².